The Hall–Kier alpha value is -2.37. The topological polar surface area (TPSA) is 85.4 Å². The van der Waals surface area contributed by atoms with Gasteiger partial charge in [-0.05, 0) is 6.07 Å². The van der Waals surface area contributed by atoms with Crippen LogP contribution in [0.3, 0.4) is 0 Å². The van der Waals surface area contributed by atoms with E-state index in [0.717, 1.165) is 6.07 Å². The van der Waals surface area contributed by atoms with Gasteiger partial charge in [0.05, 0.1) is 10.4 Å². The van der Waals surface area contributed by atoms with Gasteiger partial charge in [0, 0.05) is 30.6 Å². The molecule has 16 heavy (non-hydrogen) atoms. The molecular formula is C10H8N2O4. The van der Waals surface area contributed by atoms with Crippen molar-refractivity contribution in [2.75, 3.05) is 0 Å². The van der Waals surface area contributed by atoms with E-state index in [1.54, 1.807) is 0 Å². The molecule has 6 heteroatoms. The van der Waals surface area contributed by atoms with Crippen LogP contribution in [0.25, 0.3) is 10.9 Å². The van der Waals surface area contributed by atoms with Crippen LogP contribution in [0.15, 0.2) is 29.1 Å². The van der Waals surface area contributed by atoms with Gasteiger partial charge in [0.1, 0.15) is 5.75 Å². The zero-order valence-electron chi connectivity index (χ0n) is 8.38. The number of nitro benzene ring substituents is 1. The number of aromatic hydroxyl groups is 1. The predicted octanol–water partition coefficient (Wildman–Crippen LogP) is 1.15. The predicted molar refractivity (Wildman–Crippen MR) is 57.5 cm³/mol. The van der Waals surface area contributed by atoms with E-state index in [9.17, 15) is 20.0 Å². The van der Waals surface area contributed by atoms with Gasteiger partial charge >= 0.3 is 0 Å². The second-order valence-corrected chi connectivity index (χ2v) is 3.39. The SMILES string of the molecule is Cn1c(=O)cc(O)c2ccc([N+](=O)[O-])cc21. The molecule has 0 amide bonds. The zero-order valence-corrected chi connectivity index (χ0v) is 8.38. The van der Waals surface area contributed by atoms with Gasteiger partial charge in [-0.15, -0.1) is 0 Å². The van der Waals surface area contributed by atoms with Gasteiger partial charge in [-0.3, -0.25) is 14.9 Å². The molecule has 82 valence electrons. The van der Waals surface area contributed by atoms with Crippen LogP contribution in [-0.4, -0.2) is 14.6 Å². The molecule has 0 atom stereocenters. The van der Waals surface area contributed by atoms with Gasteiger partial charge in [0.15, 0.2) is 0 Å². The first kappa shape index (κ1) is 10.2. The number of benzene rings is 1. The molecule has 1 aromatic heterocycles. The van der Waals surface area contributed by atoms with Crippen molar-refractivity contribution in [3.63, 3.8) is 0 Å². The Kier molecular flexibility index (Phi) is 2.12. The van der Waals surface area contributed by atoms with Crippen molar-refractivity contribution in [3.8, 4) is 5.75 Å². The Morgan fingerprint density at radius 3 is 2.69 bits per heavy atom. The van der Waals surface area contributed by atoms with Crippen molar-refractivity contribution < 1.29 is 10.0 Å². The van der Waals surface area contributed by atoms with Gasteiger partial charge in [-0.25, -0.2) is 0 Å². The maximum absolute atomic E-state index is 11.4. The fraction of sp³-hybridized carbons (Fsp3) is 0.100. The van der Waals surface area contributed by atoms with Crippen LogP contribution in [0, 0.1) is 10.1 Å². The number of hydrogen-bond donors (Lipinski definition) is 1. The number of aryl methyl sites for hydroxylation is 1. The highest BCUT2D eigenvalue weighted by Crippen LogP contribution is 2.25. The lowest BCUT2D eigenvalue weighted by Gasteiger charge is -2.05. The van der Waals surface area contributed by atoms with Crippen LogP contribution in [-0.2, 0) is 7.05 Å². The van der Waals surface area contributed by atoms with Crippen molar-refractivity contribution in [3.05, 3.63) is 44.7 Å². The minimum absolute atomic E-state index is 0.117. The lowest BCUT2D eigenvalue weighted by molar-refractivity contribution is -0.384. The highest BCUT2D eigenvalue weighted by atomic mass is 16.6. The number of nitrogens with zero attached hydrogens (tertiary/aromatic N) is 2. The molecule has 0 aliphatic carbocycles. The number of hydrogen-bond acceptors (Lipinski definition) is 4. The molecule has 2 aromatic rings. The molecule has 0 bridgehead atoms. The highest BCUT2D eigenvalue weighted by Gasteiger charge is 2.11. The molecule has 0 radical (unpaired) electrons. The molecule has 6 nitrogen and oxygen atoms in total. The third-order valence-electron chi connectivity index (χ3n) is 2.42. The van der Waals surface area contributed by atoms with Crippen LogP contribution < -0.4 is 5.56 Å². The molecule has 0 fully saturated rings. The third-order valence-corrected chi connectivity index (χ3v) is 2.42. The first-order chi connectivity index (χ1) is 7.50. The highest BCUT2D eigenvalue weighted by molar-refractivity contribution is 5.86. The lowest BCUT2D eigenvalue weighted by atomic mass is 10.2. The fourth-order valence-electron chi connectivity index (χ4n) is 1.54. The maximum Gasteiger partial charge on any atom is 0.271 e. The Balaban J connectivity index is 2.92. The van der Waals surface area contributed by atoms with Gasteiger partial charge in [0.2, 0.25) is 0 Å². The summed E-state index contributed by atoms with van der Waals surface area (Å²) in [4.78, 5) is 21.4. The largest absolute Gasteiger partial charge is 0.507 e. The van der Waals surface area contributed by atoms with Crippen molar-refractivity contribution >= 4 is 16.6 Å². The van der Waals surface area contributed by atoms with E-state index in [2.05, 4.69) is 0 Å². The molecule has 0 aliphatic heterocycles. The molecule has 1 aromatic carbocycles. The number of aromatic nitrogens is 1. The summed E-state index contributed by atoms with van der Waals surface area (Å²) in [7, 11) is 1.49. The summed E-state index contributed by atoms with van der Waals surface area (Å²) in [6, 6.07) is 5.04. The molecule has 0 aliphatic rings. The van der Waals surface area contributed by atoms with Crippen LogP contribution in [0.2, 0.25) is 0 Å². The number of fused-ring (bicyclic) bond motifs is 1. The van der Waals surface area contributed by atoms with E-state index in [1.165, 1.54) is 29.8 Å². The van der Waals surface area contributed by atoms with Crippen LogP contribution in [0.5, 0.6) is 5.75 Å². The first-order valence-electron chi connectivity index (χ1n) is 4.48. The van der Waals surface area contributed by atoms with Gasteiger partial charge in [0.25, 0.3) is 11.2 Å². The van der Waals surface area contributed by atoms with Crippen molar-refractivity contribution in [1.82, 2.24) is 4.57 Å². The van der Waals surface area contributed by atoms with E-state index in [4.69, 9.17) is 0 Å². The maximum atomic E-state index is 11.4. The van der Waals surface area contributed by atoms with Crippen LogP contribution >= 0.6 is 0 Å². The molecule has 0 unspecified atom stereocenters. The van der Waals surface area contributed by atoms with Gasteiger partial charge < -0.3 is 9.67 Å². The third kappa shape index (κ3) is 1.40. The average Bonchev–Trinajstić information content (AvgIpc) is 2.25. The van der Waals surface area contributed by atoms with Crippen LogP contribution in [0.1, 0.15) is 0 Å². The van der Waals surface area contributed by atoms with E-state index in [-0.39, 0.29) is 11.4 Å². The summed E-state index contributed by atoms with van der Waals surface area (Å²) in [6.07, 6.45) is 0. The average molecular weight is 220 g/mol. The van der Waals surface area contributed by atoms with Crippen molar-refractivity contribution in [2.45, 2.75) is 0 Å². The summed E-state index contributed by atoms with van der Waals surface area (Å²) in [5.74, 6) is -0.173. The normalized spacial score (nSPS) is 10.6. The Morgan fingerprint density at radius 2 is 2.06 bits per heavy atom. The minimum Gasteiger partial charge on any atom is -0.507 e. The summed E-state index contributed by atoms with van der Waals surface area (Å²) >= 11 is 0. The Labute approximate surface area is 89.5 Å². The quantitative estimate of drug-likeness (QED) is 0.577. The molecule has 0 spiro atoms. The Bertz CT molecular complexity index is 645. The molecule has 0 saturated heterocycles. The summed E-state index contributed by atoms with van der Waals surface area (Å²) in [5, 5.41) is 20.5. The molecule has 0 saturated carbocycles. The van der Waals surface area contributed by atoms with Gasteiger partial charge in [-0.2, -0.15) is 0 Å². The second-order valence-electron chi connectivity index (χ2n) is 3.39. The molecular weight excluding hydrogens is 212 g/mol. The van der Waals surface area contributed by atoms with Crippen LogP contribution in [0.4, 0.5) is 5.69 Å². The lowest BCUT2D eigenvalue weighted by Crippen LogP contribution is -2.15. The van der Waals surface area contributed by atoms with Crippen molar-refractivity contribution in [1.29, 1.82) is 0 Å². The summed E-state index contributed by atoms with van der Waals surface area (Å²) in [6.45, 7) is 0. The summed E-state index contributed by atoms with van der Waals surface area (Å²) in [5.41, 5.74) is -0.196. The van der Waals surface area contributed by atoms with Gasteiger partial charge in [-0.1, -0.05) is 0 Å². The van der Waals surface area contributed by atoms with E-state index >= 15 is 0 Å². The molecule has 2 rings (SSSR count). The van der Waals surface area contributed by atoms with E-state index < -0.39 is 10.5 Å². The minimum atomic E-state index is -0.548. The smallest absolute Gasteiger partial charge is 0.271 e. The van der Waals surface area contributed by atoms with E-state index in [1.807, 2.05) is 0 Å². The number of pyridine rings is 1. The first-order valence-corrected chi connectivity index (χ1v) is 4.48. The monoisotopic (exact) mass is 220 g/mol. The molecule has 1 N–H and O–H groups in total. The Morgan fingerprint density at radius 1 is 1.38 bits per heavy atom. The number of nitro groups is 1. The fourth-order valence-corrected chi connectivity index (χ4v) is 1.54. The standard InChI is InChI=1S/C10H8N2O4/c1-11-8-4-6(12(15)16)2-3-7(8)9(13)5-10(11)14/h2-5,13H,1H3. The number of rotatable bonds is 1. The second kappa shape index (κ2) is 3.34. The number of non-ortho nitro benzene ring substituents is 1. The zero-order chi connectivity index (χ0) is 11.9. The van der Waals surface area contributed by atoms with Crippen molar-refractivity contribution in [2.24, 2.45) is 7.05 Å². The molecule has 1 heterocycles. The summed E-state index contributed by atoms with van der Waals surface area (Å²) < 4.78 is 1.25. The van der Waals surface area contributed by atoms with E-state index in [0.29, 0.717) is 10.9 Å².